The van der Waals surface area contributed by atoms with Crippen LogP contribution in [0.2, 0.25) is 0 Å². The molecule has 1 amide bonds. The molecule has 1 N–H and O–H groups in total. The van der Waals surface area contributed by atoms with Crippen molar-refractivity contribution in [2.24, 2.45) is 5.10 Å². The van der Waals surface area contributed by atoms with Crippen molar-refractivity contribution in [2.75, 3.05) is 6.61 Å². The van der Waals surface area contributed by atoms with Gasteiger partial charge in [0.15, 0.2) is 0 Å². The Labute approximate surface area is 163 Å². The van der Waals surface area contributed by atoms with E-state index in [1.165, 1.54) is 11.9 Å². The van der Waals surface area contributed by atoms with E-state index in [2.05, 4.69) is 5.10 Å². The van der Waals surface area contributed by atoms with Crippen molar-refractivity contribution in [3.05, 3.63) is 71.3 Å². The molecule has 0 saturated carbocycles. The van der Waals surface area contributed by atoms with Crippen LogP contribution in [-0.4, -0.2) is 35.0 Å². The molecule has 2 atom stereocenters. The van der Waals surface area contributed by atoms with E-state index in [4.69, 9.17) is 5.11 Å². The molecule has 1 heterocycles. The summed E-state index contributed by atoms with van der Waals surface area (Å²) < 4.78 is 38.3. The lowest BCUT2D eigenvalue weighted by molar-refractivity contribution is -0.119. The number of hydrazone groups is 1. The zero-order valence-electron chi connectivity index (χ0n) is 16.1. The van der Waals surface area contributed by atoms with Gasteiger partial charge in [0, 0.05) is 12.0 Å². The summed E-state index contributed by atoms with van der Waals surface area (Å²) in [5.41, 5.74) is 1.37. The summed E-state index contributed by atoms with van der Waals surface area (Å²) in [4.78, 5) is 11.2. The fourth-order valence-electron chi connectivity index (χ4n) is 2.45. The fourth-order valence-corrected chi connectivity index (χ4v) is 2.45. The van der Waals surface area contributed by atoms with E-state index < -0.39 is 17.8 Å². The van der Waals surface area contributed by atoms with E-state index in [1.54, 1.807) is 0 Å². The first-order chi connectivity index (χ1) is 13.5. The van der Waals surface area contributed by atoms with Crippen molar-refractivity contribution < 1.29 is 23.1 Å². The summed E-state index contributed by atoms with van der Waals surface area (Å²) in [5.74, 6) is -1.08. The molecule has 0 saturated heterocycles. The molecule has 7 heteroatoms. The van der Waals surface area contributed by atoms with Crippen molar-refractivity contribution in [1.29, 1.82) is 0 Å². The third kappa shape index (κ3) is 6.49. The molecular weight excluding hydrogens is 369 g/mol. The Kier molecular flexibility index (Phi) is 9.95. The smallest absolute Gasteiger partial charge is 0.230 e. The van der Waals surface area contributed by atoms with Gasteiger partial charge in [0.2, 0.25) is 6.41 Å². The van der Waals surface area contributed by atoms with Crippen LogP contribution in [-0.2, 0) is 4.79 Å². The van der Waals surface area contributed by atoms with Gasteiger partial charge in [0.25, 0.3) is 0 Å². The molecule has 0 radical (unpaired) electrons. The predicted molar refractivity (Wildman–Crippen MR) is 104 cm³/mol. The van der Waals surface area contributed by atoms with E-state index >= 15 is 0 Å². The maximum absolute atomic E-state index is 13.8. The van der Waals surface area contributed by atoms with Gasteiger partial charge in [-0.2, -0.15) is 5.10 Å². The van der Waals surface area contributed by atoms with E-state index in [0.717, 1.165) is 23.8 Å². The number of amides is 1. The molecule has 0 spiro atoms. The SMILES string of the molecule is CC.C[C@H](F)CO.O=CN1N=C(c2cc(F)ccc2F)CC1c1ccccc1. The minimum Gasteiger partial charge on any atom is -0.393 e. The topological polar surface area (TPSA) is 52.9 Å². The Hall–Kier alpha value is -2.67. The Morgan fingerprint density at radius 3 is 2.36 bits per heavy atom. The number of rotatable bonds is 4. The standard InChI is InChI=1S/C16H12F2N2O.C3H7FO.C2H6/c17-12-6-7-14(18)13(8-12)15-9-16(20(10-21)19-15)11-4-2-1-3-5-11;1-3(4)2-5;1-2/h1-8,10,16H,9H2;3,5H,2H2,1H3;1-2H3/t;3-;/m.0./s1. The van der Waals surface area contributed by atoms with Crippen molar-refractivity contribution in [1.82, 2.24) is 5.01 Å². The van der Waals surface area contributed by atoms with Crippen LogP contribution < -0.4 is 0 Å². The summed E-state index contributed by atoms with van der Waals surface area (Å²) in [5, 5.41) is 13.1. The lowest BCUT2D eigenvalue weighted by Gasteiger charge is -2.17. The molecule has 2 aromatic carbocycles. The van der Waals surface area contributed by atoms with Gasteiger partial charge >= 0.3 is 0 Å². The number of benzene rings is 2. The second kappa shape index (κ2) is 11.9. The summed E-state index contributed by atoms with van der Waals surface area (Å²) >= 11 is 0. The van der Waals surface area contributed by atoms with E-state index in [9.17, 15) is 18.0 Å². The Morgan fingerprint density at radius 2 is 1.82 bits per heavy atom. The van der Waals surface area contributed by atoms with Crippen LogP contribution in [0.4, 0.5) is 13.2 Å². The van der Waals surface area contributed by atoms with Crippen LogP contribution in [0.1, 0.15) is 44.4 Å². The van der Waals surface area contributed by atoms with E-state index in [1.807, 2.05) is 44.2 Å². The van der Waals surface area contributed by atoms with Crippen LogP contribution in [0.15, 0.2) is 53.6 Å². The molecule has 1 unspecified atom stereocenters. The quantitative estimate of drug-likeness (QED) is 0.769. The normalized spacial score (nSPS) is 16.2. The first kappa shape index (κ1) is 23.4. The van der Waals surface area contributed by atoms with Crippen LogP contribution in [0, 0.1) is 11.6 Å². The van der Waals surface area contributed by atoms with E-state index in [0.29, 0.717) is 18.5 Å². The average Bonchev–Trinajstić information content (AvgIpc) is 3.16. The van der Waals surface area contributed by atoms with Crippen molar-refractivity contribution in [3.8, 4) is 0 Å². The number of aliphatic hydroxyl groups excluding tert-OH is 1. The summed E-state index contributed by atoms with van der Waals surface area (Å²) in [6.07, 6.45) is -0.111. The Morgan fingerprint density at radius 1 is 1.21 bits per heavy atom. The summed E-state index contributed by atoms with van der Waals surface area (Å²) in [6.45, 7) is 4.94. The van der Waals surface area contributed by atoms with Crippen LogP contribution in [0.5, 0.6) is 0 Å². The van der Waals surface area contributed by atoms with Crippen molar-refractivity contribution in [3.63, 3.8) is 0 Å². The van der Waals surface area contributed by atoms with Gasteiger partial charge in [0.1, 0.15) is 17.8 Å². The number of hydrogen-bond acceptors (Lipinski definition) is 3. The van der Waals surface area contributed by atoms with Gasteiger partial charge < -0.3 is 5.11 Å². The Balaban J connectivity index is 0.000000490. The third-order valence-corrected chi connectivity index (χ3v) is 3.73. The maximum atomic E-state index is 13.8. The molecular formula is C21H25F3N2O2. The van der Waals surface area contributed by atoms with Gasteiger partial charge in [-0.15, -0.1) is 0 Å². The molecule has 0 fully saturated rings. The molecule has 152 valence electrons. The highest BCUT2D eigenvalue weighted by Gasteiger charge is 2.29. The number of halogens is 3. The number of aliphatic hydroxyl groups is 1. The highest BCUT2D eigenvalue weighted by atomic mass is 19.1. The van der Waals surface area contributed by atoms with Gasteiger partial charge in [0.05, 0.1) is 18.4 Å². The number of carbonyl (C=O) groups excluding carboxylic acids is 1. The van der Waals surface area contributed by atoms with Crippen molar-refractivity contribution in [2.45, 2.75) is 39.4 Å². The number of alkyl halides is 1. The third-order valence-electron chi connectivity index (χ3n) is 3.73. The van der Waals surface area contributed by atoms with E-state index in [-0.39, 0.29) is 18.2 Å². The minimum atomic E-state index is -1.06. The van der Waals surface area contributed by atoms with Crippen LogP contribution >= 0.6 is 0 Å². The molecule has 3 rings (SSSR count). The molecule has 0 aromatic heterocycles. The second-order valence-corrected chi connectivity index (χ2v) is 5.75. The number of hydrogen-bond donors (Lipinski definition) is 1. The van der Waals surface area contributed by atoms with Gasteiger partial charge in [-0.25, -0.2) is 18.2 Å². The monoisotopic (exact) mass is 394 g/mol. The number of carbonyl (C=O) groups is 1. The minimum absolute atomic E-state index is 0.0975. The van der Waals surface area contributed by atoms with Crippen LogP contribution in [0.3, 0.4) is 0 Å². The molecule has 0 aliphatic carbocycles. The molecule has 0 bridgehead atoms. The highest BCUT2D eigenvalue weighted by Crippen LogP contribution is 2.32. The lowest BCUT2D eigenvalue weighted by Crippen LogP contribution is -2.17. The predicted octanol–water partition coefficient (Wildman–Crippen LogP) is 4.64. The van der Waals surface area contributed by atoms with Gasteiger partial charge in [-0.1, -0.05) is 44.2 Å². The fraction of sp³-hybridized carbons (Fsp3) is 0.333. The Bertz CT molecular complexity index is 768. The first-order valence-corrected chi connectivity index (χ1v) is 9.02. The zero-order valence-corrected chi connectivity index (χ0v) is 16.1. The second-order valence-electron chi connectivity index (χ2n) is 5.75. The molecule has 1 aliphatic rings. The highest BCUT2D eigenvalue weighted by molar-refractivity contribution is 6.02. The summed E-state index contributed by atoms with van der Waals surface area (Å²) in [6, 6.07) is 12.3. The largest absolute Gasteiger partial charge is 0.393 e. The lowest BCUT2D eigenvalue weighted by atomic mass is 9.98. The summed E-state index contributed by atoms with van der Waals surface area (Å²) in [7, 11) is 0. The molecule has 1 aliphatic heterocycles. The zero-order chi connectivity index (χ0) is 21.1. The first-order valence-electron chi connectivity index (χ1n) is 9.02. The van der Waals surface area contributed by atoms with Gasteiger partial charge in [-0.3, -0.25) is 4.79 Å². The van der Waals surface area contributed by atoms with Gasteiger partial charge in [-0.05, 0) is 30.7 Å². The molecule has 4 nitrogen and oxygen atoms in total. The number of nitrogens with zero attached hydrogens (tertiary/aromatic N) is 2. The molecule has 2 aromatic rings. The van der Waals surface area contributed by atoms with Crippen LogP contribution in [0.25, 0.3) is 0 Å². The molecule has 28 heavy (non-hydrogen) atoms. The van der Waals surface area contributed by atoms with Crippen molar-refractivity contribution >= 4 is 12.1 Å². The average molecular weight is 394 g/mol. The maximum Gasteiger partial charge on any atom is 0.230 e.